The topological polar surface area (TPSA) is 29.5 Å². The molecule has 12 heavy (non-hydrogen) atoms. The van der Waals surface area contributed by atoms with Crippen LogP contribution in [0.25, 0.3) is 0 Å². The molecule has 66 valence electrons. The van der Waals surface area contributed by atoms with Crippen LogP contribution in [0.5, 0.6) is 11.5 Å². The highest BCUT2D eigenvalue weighted by Gasteiger charge is 2.00. The van der Waals surface area contributed by atoms with Crippen LogP contribution in [0.4, 0.5) is 0 Å². The molecular weight excluding hydrogens is 152 g/mol. The van der Waals surface area contributed by atoms with Crippen LogP contribution in [-0.2, 0) is 0 Å². The number of benzene rings is 1. The molecule has 1 aromatic carbocycles. The molecule has 0 spiro atoms. The van der Waals surface area contributed by atoms with Gasteiger partial charge in [-0.25, -0.2) is 0 Å². The van der Waals surface area contributed by atoms with Crippen LogP contribution in [0, 0.1) is 6.92 Å². The van der Waals surface area contributed by atoms with Crippen molar-refractivity contribution in [1.29, 1.82) is 0 Å². The Balaban J connectivity index is 2.72. The molecule has 0 aliphatic rings. The lowest BCUT2D eigenvalue weighted by molar-refractivity contribution is 0.299. The summed E-state index contributed by atoms with van der Waals surface area (Å²) >= 11 is 0. The van der Waals surface area contributed by atoms with Gasteiger partial charge in [0.15, 0.2) is 11.5 Å². The lowest BCUT2D eigenvalue weighted by atomic mass is 10.2. The zero-order valence-corrected chi connectivity index (χ0v) is 7.50. The Morgan fingerprint density at radius 2 is 2.17 bits per heavy atom. The molecule has 0 saturated heterocycles. The minimum absolute atomic E-state index is 0.225. The Hall–Kier alpha value is -1.18. The number of hydrogen-bond donors (Lipinski definition) is 1. The van der Waals surface area contributed by atoms with Crippen LogP contribution in [0.15, 0.2) is 18.2 Å². The molecule has 0 radical (unpaired) electrons. The van der Waals surface area contributed by atoms with E-state index in [1.165, 1.54) is 0 Å². The molecule has 0 amide bonds. The van der Waals surface area contributed by atoms with Crippen molar-refractivity contribution in [1.82, 2.24) is 0 Å². The van der Waals surface area contributed by atoms with Crippen molar-refractivity contribution in [2.75, 3.05) is 6.61 Å². The van der Waals surface area contributed by atoms with Crippen LogP contribution >= 0.6 is 0 Å². The van der Waals surface area contributed by atoms with E-state index in [0.717, 1.165) is 12.0 Å². The summed E-state index contributed by atoms with van der Waals surface area (Å²) in [6.07, 6.45) is 0.952. The highest BCUT2D eigenvalue weighted by Crippen LogP contribution is 2.26. The first-order valence-electron chi connectivity index (χ1n) is 4.16. The average molecular weight is 166 g/mol. The normalized spacial score (nSPS) is 9.83. The zero-order valence-electron chi connectivity index (χ0n) is 7.50. The Morgan fingerprint density at radius 1 is 1.42 bits per heavy atom. The van der Waals surface area contributed by atoms with Crippen LogP contribution in [0.3, 0.4) is 0 Å². The van der Waals surface area contributed by atoms with E-state index >= 15 is 0 Å². The van der Waals surface area contributed by atoms with Gasteiger partial charge in [-0.05, 0) is 31.0 Å². The maximum Gasteiger partial charge on any atom is 0.160 e. The van der Waals surface area contributed by atoms with E-state index in [2.05, 4.69) is 0 Å². The second kappa shape index (κ2) is 4.00. The summed E-state index contributed by atoms with van der Waals surface area (Å²) in [5, 5.41) is 9.39. The smallest absolute Gasteiger partial charge is 0.160 e. The van der Waals surface area contributed by atoms with E-state index in [9.17, 15) is 5.11 Å². The third kappa shape index (κ3) is 2.16. The number of ether oxygens (including phenoxy) is 1. The molecular formula is C10H14O2. The molecule has 0 aromatic heterocycles. The monoisotopic (exact) mass is 166 g/mol. The molecule has 0 aliphatic carbocycles. The predicted molar refractivity (Wildman–Crippen MR) is 48.6 cm³/mol. The van der Waals surface area contributed by atoms with Crippen molar-refractivity contribution in [3.8, 4) is 11.5 Å². The summed E-state index contributed by atoms with van der Waals surface area (Å²) in [6, 6.07) is 5.41. The van der Waals surface area contributed by atoms with Gasteiger partial charge in [0.1, 0.15) is 0 Å². The van der Waals surface area contributed by atoms with E-state index in [-0.39, 0.29) is 5.75 Å². The molecule has 0 fully saturated rings. The largest absolute Gasteiger partial charge is 0.504 e. The number of hydrogen-bond acceptors (Lipinski definition) is 2. The minimum Gasteiger partial charge on any atom is -0.504 e. The molecule has 0 bridgehead atoms. The minimum atomic E-state index is 0.225. The first kappa shape index (κ1) is 8.91. The molecule has 0 saturated carbocycles. The van der Waals surface area contributed by atoms with Gasteiger partial charge in [0.2, 0.25) is 0 Å². The summed E-state index contributed by atoms with van der Waals surface area (Å²) in [5.41, 5.74) is 1.04. The predicted octanol–water partition coefficient (Wildman–Crippen LogP) is 2.49. The lowest BCUT2D eigenvalue weighted by Gasteiger charge is -2.06. The van der Waals surface area contributed by atoms with E-state index in [1.54, 1.807) is 12.1 Å². The van der Waals surface area contributed by atoms with E-state index in [0.29, 0.717) is 12.4 Å². The third-order valence-electron chi connectivity index (χ3n) is 1.58. The molecule has 1 aromatic rings. The first-order chi connectivity index (χ1) is 5.74. The Labute approximate surface area is 72.8 Å². The first-order valence-corrected chi connectivity index (χ1v) is 4.16. The van der Waals surface area contributed by atoms with Gasteiger partial charge in [-0.1, -0.05) is 13.0 Å². The number of aromatic hydroxyl groups is 1. The summed E-state index contributed by atoms with van der Waals surface area (Å²) in [4.78, 5) is 0. The number of rotatable bonds is 3. The van der Waals surface area contributed by atoms with Gasteiger partial charge in [-0.2, -0.15) is 0 Å². The Bertz CT molecular complexity index is 256. The van der Waals surface area contributed by atoms with Crippen molar-refractivity contribution in [3.63, 3.8) is 0 Å². The van der Waals surface area contributed by atoms with Gasteiger partial charge in [0.05, 0.1) is 6.61 Å². The molecule has 0 heterocycles. The fourth-order valence-electron chi connectivity index (χ4n) is 0.961. The van der Waals surface area contributed by atoms with E-state index in [1.807, 2.05) is 19.9 Å². The molecule has 0 aliphatic heterocycles. The molecule has 2 heteroatoms. The summed E-state index contributed by atoms with van der Waals surface area (Å²) in [5.74, 6) is 0.797. The summed E-state index contributed by atoms with van der Waals surface area (Å²) in [6.45, 7) is 4.62. The second-order valence-electron chi connectivity index (χ2n) is 2.82. The maximum absolute atomic E-state index is 9.39. The van der Waals surface area contributed by atoms with Crippen molar-refractivity contribution in [2.45, 2.75) is 20.3 Å². The SMILES string of the molecule is CCCOc1ccc(C)cc1O. The standard InChI is InChI=1S/C10H14O2/c1-3-6-12-10-5-4-8(2)7-9(10)11/h4-5,7,11H,3,6H2,1-2H3. The van der Waals surface area contributed by atoms with Gasteiger partial charge < -0.3 is 9.84 Å². The molecule has 1 N–H and O–H groups in total. The van der Waals surface area contributed by atoms with E-state index < -0.39 is 0 Å². The van der Waals surface area contributed by atoms with Crippen LogP contribution in [0.1, 0.15) is 18.9 Å². The maximum atomic E-state index is 9.39. The lowest BCUT2D eigenvalue weighted by Crippen LogP contribution is -1.94. The summed E-state index contributed by atoms with van der Waals surface area (Å²) < 4.78 is 5.29. The van der Waals surface area contributed by atoms with Gasteiger partial charge in [-0.15, -0.1) is 0 Å². The Morgan fingerprint density at radius 3 is 2.75 bits per heavy atom. The van der Waals surface area contributed by atoms with E-state index in [4.69, 9.17) is 4.74 Å². The molecule has 0 atom stereocenters. The average Bonchev–Trinajstić information content (AvgIpc) is 2.03. The highest BCUT2D eigenvalue weighted by atomic mass is 16.5. The van der Waals surface area contributed by atoms with Crippen LogP contribution < -0.4 is 4.74 Å². The quantitative estimate of drug-likeness (QED) is 0.747. The highest BCUT2D eigenvalue weighted by molar-refractivity contribution is 5.41. The molecule has 1 rings (SSSR count). The molecule has 2 nitrogen and oxygen atoms in total. The van der Waals surface area contributed by atoms with Crippen molar-refractivity contribution < 1.29 is 9.84 Å². The van der Waals surface area contributed by atoms with Gasteiger partial charge in [-0.3, -0.25) is 0 Å². The van der Waals surface area contributed by atoms with Crippen molar-refractivity contribution >= 4 is 0 Å². The van der Waals surface area contributed by atoms with Gasteiger partial charge >= 0.3 is 0 Å². The number of aryl methyl sites for hydroxylation is 1. The number of phenols is 1. The fourth-order valence-corrected chi connectivity index (χ4v) is 0.961. The fraction of sp³-hybridized carbons (Fsp3) is 0.400. The number of phenolic OH excluding ortho intramolecular Hbond substituents is 1. The van der Waals surface area contributed by atoms with Crippen LogP contribution in [0.2, 0.25) is 0 Å². The third-order valence-corrected chi connectivity index (χ3v) is 1.58. The summed E-state index contributed by atoms with van der Waals surface area (Å²) in [7, 11) is 0. The van der Waals surface area contributed by atoms with Gasteiger partial charge in [0, 0.05) is 0 Å². The Kier molecular flexibility index (Phi) is 2.97. The zero-order chi connectivity index (χ0) is 8.97. The van der Waals surface area contributed by atoms with Gasteiger partial charge in [0.25, 0.3) is 0 Å². The molecule has 0 unspecified atom stereocenters. The van der Waals surface area contributed by atoms with Crippen molar-refractivity contribution in [2.24, 2.45) is 0 Å². The second-order valence-corrected chi connectivity index (χ2v) is 2.82. The van der Waals surface area contributed by atoms with Crippen molar-refractivity contribution in [3.05, 3.63) is 23.8 Å². The van der Waals surface area contributed by atoms with Crippen LogP contribution in [-0.4, -0.2) is 11.7 Å².